The monoisotopic (exact) mass is 453 g/mol. The quantitative estimate of drug-likeness (QED) is 0.461. The summed E-state index contributed by atoms with van der Waals surface area (Å²) in [6.45, 7) is 3.97. The van der Waals surface area contributed by atoms with Gasteiger partial charge in [0.2, 0.25) is 5.91 Å². The smallest absolute Gasteiger partial charge is 0.330 e. The molecule has 9 heteroatoms. The van der Waals surface area contributed by atoms with Gasteiger partial charge in [-0.05, 0) is 42.7 Å². The number of H-pyrrole nitrogens is 1. The number of nitrogens with one attached hydrogen (secondary N) is 2. The zero-order valence-corrected chi connectivity index (χ0v) is 18.7. The molecule has 1 amide bonds. The van der Waals surface area contributed by atoms with E-state index in [1.165, 1.54) is 21.6 Å². The molecule has 8 nitrogen and oxygen atoms in total. The Morgan fingerprint density at radius 3 is 2.58 bits per heavy atom. The van der Waals surface area contributed by atoms with Crippen molar-refractivity contribution in [2.24, 2.45) is 0 Å². The summed E-state index contributed by atoms with van der Waals surface area (Å²) in [5.41, 5.74) is 6.94. The van der Waals surface area contributed by atoms with Gasteiger partial charge < -0.3 is 16.0 Å². The van der Waals surface area contributed by atoms with Gasteiger partial charge in [-0.2, -0.15) is 0 Å². The number of aromatic nitrogens is 2. The van der Waals surface area contributed by atoms with E-state index in [1.807, 2.05) is 37.3 Å². The minimum absolute atomic E-state index is 0.0541. The van der Waals surface area contributed by atoms with Crippen LogP contribution in [0, 0.1) is 12.7 Å². The van der Waals surface area contributed by atoms with E-state index >= 15 is 0 Å². The summed E-state index contributed by atoms with van der Waals surface area (Å²) >= 11 is 0. The van der Waals surface area contributed by atoms with Crippen molar-refractivity contribution in [3.05, 3.63) is 86.3 Å². The van der Waals surface area contributed by atoms with E-state index < -0.39 is 17.2 Å². The number of nitrogens with two attached hydrogens (primary N) is 1. The predicted octanol–water partition coefficient (Wildman–Crippen LogP) is 2.86. The molecule has 4 N–H and O–H groups in total. The maximum Gasteiger partial charge on any atom is 0.330 e. The summed E-state index contributed by atoms with van der Waals surface area (Å²) in [7, 11) is 0. The van der Waals surface area contributed by atoms with Crippen molar-refractivity contribution in [1.82, 2.24) is 9.55 Å². The molecule has 0 bridgehead atoms. The summed E-state index contributed by atoms with van der Waals surface area (Å²) in [6, 6.07) is 13.4. The molecule has 2 aromatic carbocycles. The van der Waals surface area contributed by atoms with E-state index in [1.54, 1.807) is 13.0 Å². The second-order valence-corrected chi connectivity index (χ2v) is 7.78. The molecule has 0 saturated heterocycles. The number of anilines is 3. The van der Waals surface area contributed by atoms with Gasteiger partial charge in [-0.1, -0.05) is 43.7 Å². The van der Waals surface area contributed by atoms with E-state index in [0.29, 0.717) is 17.7 Å². The van der Waals surface area contributed by atoms with Gasteiger partial charge in [0.15, 0.2) is 5.69 Å². The molecule has 1 aromatic heterocycles. The number of carbonyl (C=O) groups excluding carboxylic acids is 1. The number of rotatable bonds is 9. The predicted molar refractivity (Wildman–Crippen MR) is 128 cm³/mol. The summed E-state index contributed by atoms with van der Waals surface area (Å²) in [5, 5.41) is 2.99. The fourth-order valence-electron chi connectivity index (χ4n) is 3.53. The SMILES string of the molecule is CCCCN(C(=O)CNc1ccc(F)cc1C)c1c(N)n(Cc2ccccc2)c(=O)[nH]c1=O. The Kier molecular flexibility index (Phi) is 7.66. The Morgan fingerprint density at radius 1 is 1.18 bits per heavy atom. The van der Waals surface area contributed by atoms with Gasteiger partial charge >= 0.3 is 5.69 Å². The van der Waals surface area contributed by atoms with Crippen LogP contribution in [0.2, 0.25) is 0 Å². The van der Waals surface area contributed by atoms with Crippen molar-refractivity contribution in [2.45, 2.75) is 33.2 Å². The van der Waals surface area contributed by atoms with Crippen LogP contribution in [0.5, 0.6) is 0 Å². The summed E-state index contributed by atoms with van der Waals surface area (Å²) < 4.78 is 14.6. The van der Waals surface area contributed by atoms with Crippen molar-refractivity contribution in [1.29, 1.82) is 0 Å². The number of aromatic amines is 1. The lowest BCUT2D eigenvalue weighted by atomic mass is 10.2. The molecular weight excluding hydrogens is 425 g/mol. The molecule has 33 heavy (non-hydrogen) atoms. The van der Waals surface area contributed by atoms with E-state index in [4.69, 9.17) is 5.73 Å². The lowest BCUT2D eigenvalue weighted by molar-refractivity contribution is -0.117. The average molecular weight is 454 g/mol. The molecule has 0 aliphatic rings. The number of unbranched alkanes of at least 4 members (excludes halogenated alkanes) is 1. The highest BCUT2D eigenvalue weighted by molar-refractivity contribution is 5.98. The third-order valence-electron chi connectivity index (χ3n) is 5.32. The van der Waals surface area contributed by atoms with Gasteiger partial charge in [-0.15, -0.1) is 0 Å². The third-order valence-corrected chi connectivity index (χ3v) is 5.32. The summed E-state index contributed by atoms with van der Waals surface area (Å²) in [5.74, 6) is -0.835. The van der Waals surface area contributed by atoms with Crippen LogP contribution in [-0.2, 0) is 11.3 Å². The summed E-state index contributed by atoms with van der Waals surface area (Å²) in [6.07, 6.45) is 1.42. The lowest BCUT2D eigenvalue weighted by Gasteiger charge is -2.25. The number of aryl methyl sites for hydroxylation is 1. The Morgan fingerprint density at radius 2 is 1.91 bits per heavy atom. The standard InChI is InChI=1S/C24H28FN5O3/c1-3-4-12-29(20(31)14-27-19-11-10-18(25)13-16(19)2)21-22(26)30(24(33)28-23(21)32)15-17-8-6-5-7-9-17/h5-11,13,27H,3-4,12,14-15,26H2,1-2H3,(H,28,32,33). The third kappa shape index (κ3) is 5.68. The maximum absolute atomic E-state index is 13.4. The highest BCUT2D eigenvalue weighted by Gasteiger charge is 2.24. The van der Waals surface area contributed by atoms with Crippen LogP contribution >= 0.6 is 0 Å². The zero-order valence-electron chi connectivity index (χ0n) is 18.7. The highest BCUT2D eigenvalue weighted by Crippen LogP contribution is 2.20. The molecule has 3 aromatic rings. The normalized spacial score (nSPS) is 10.8. The van der Waals surface area contributed by atoms with Crippen molar-refractivity contribution in [2.75, 3.05) is 29.0 Å². The first-order valence-corrected chi connectivity index (χ1v) is 10.8. The fourth-order valence-corrected chi connectivity index (χ4v) is 3.53. The minimum Gasteiger partial charge on any atom is -0.383 e. The minimum atomic E-state index is -0.718. The topological polar surface area (TPSA) is 113 Å². The van der Waals surface area contributed by atoms with Gasteiger partial charge in [0.05, 0.1) is 13.1 Å². The summed E-state index contributed by atoms with van der Waals surface area (Å²) in [4.78, 5) is 42.0. The number of carbonyl (C=O) groups is 1. The van der Waals surface area contributed by atoms with Crippen molar-refractivity contribution in [3.63, 3.8) is 0 Å². The second-order valence-electron chi connectivity index (χ2n) is 7.78. The molecule has 0 aliphatic heterocycles. The van der Waals surface area contributed by atoms with Gasteiger partial charge in [-0.25, -0.2) is 9.18 Å². The molecule has 0 spiro atoms. The first-order chi connectivity index (χ1) is 15.8. The molecule has 1 heterocycles. The van der Waals surface area contributed by atoms with Crippen LogP contribution in [0.3, 0.4) is 0 Å². The number of hydrogen-bond acceptors (Lipinski definition) is 5. The maximum atomic E-state index is 13.4. The zero-order chi connectivity index (χ0) is 24.0. The Hall–Kier alpha value is -3.88. The van der Waals surface area contributed by atoms with Gasteiger partial charge in [0, 0.05) is 12.2 Å². The largest absolute Gasteiger partial charge is 0.383 e. The number of benzene rings is 2. The molecule has 0 fully saturated rings. The van der Waals surface area contributed by atoms with Gasteiger partial charge in [0.25, 0.3) is 5.56 Å². The molecular formula is C24H28FN5O3. The first-order valence-electron chi connectivity index (χ1n) is 10.8. The number of hydrogen-bond donors (Lipinski definition) is 3. The number of nitrogen functional groups attached to an aromatic ring is 1. The Labute approximate surface area is 190 Å². The molecule has 174 valence electrons. The van der Waals surface area contributed by atoms with E-state index in [9.17, 15) is 18.8 Å². The van der Waals surface area contributed by atoms with Crippen LogP contribution in [0.25, 0.3) is 0 Å². The fraction of sp³-hybridized carbons (Fsp3) is 0.292. The second kappa shape index (κ2) is 10.6. The number of halogens is 1. The first kappa shape index (κ1) is 23.8. The molecule has 0 unspecified atom stereocenters. The van der Waals surface area contributed by atoms with Crippen molar-refractivity contribution >= 4 is 23.1 Å². The number of amides is 1. The molecule has 0 saturated carbocycles. The van der Waals surface area contributed by atoms with Crippen molar-refractivity contribution < 1.29 is 9.18 Å². The Bertz CT molecular complexity index is 1240. The molecule has 0 atom stereocenters. The van der Waals surface area contributed by atoms with E-state index in [2.05, 4.69) is 10.3 Å². The van der Waals surface area contributed by atoms with Crippen LogP contribution in [0.4, 0.5) is 21.6 Å². The van der Waals surface area contributed by atoms with Crippen LogP contribution in [0.1, 0.15) is 30.9 Å². The van der Waals surface area contributed by atoms with Gasteiger partial charge in [0.1, 0.15) is 11.6 Å². The Balaban J connectivity index is 1.93. The molecule has 0 radical (unpaired) electrons. The van der Waals surface area contributed by atoms with Crippen LogP contribution < -0.4 is 27.2 Å². The van der Waals surface area contributed by atoms with E-state index in [0.717, 1.165) is 12.0 Å². The lowest BCUT2D eigenvalue weighted by Crippen LogP contribution is -2.43. The van der Waals surface area contributed by atoms with E-state index in [-0.39, 0.29) is 37.0 Å². The van der Waals surface area contributed by atoms with Crippen molar-refractivity contribution in [3.8, 4) is 0 Å². The molecule has 0 aliphatic carbocycles. The number of nitrogens with zero attached hydrogens (tertiary/aromatic N) is 2. The van der Waals surface area contributed by atoms with Gasteiger partial charge in [-0.3, -0.25) is 19.1 Å². The van der Waals surface area contributed by atoms with Crippen LogP contribution in [-0.4, -0.2) is 28.5 Å². The highest BCUT2D eigenvalue weighted by atomic mass is 19.1. The van der Waals surface area contributed by atoms with Crippen LogP contribution in [0.15, 0.2) is 58.1 Å². The molecule has 3 rings (SSSR count). The average Bonchev–Trinajstić information content (AvgIpc) is 2.78.